The van der Waals surface area contributed by atoms with Crippen molar-refractivity contribution >= 4 is 10.9 Å². The molecule has 0 spiro atoms. The molecule has 0 unspecified atom stereocenters. The van der Waals surface area contributed by atoms with Crippen molar-refractivity contribution in [3.05, 3.63) is 70.5 Å². The number of rotatable bonds is 4. The van der Waals surface area contributed by atoms with Crippen LogP contribution in [0.3, 0.4) is 0 Å². The standard InChI is InChI=1S/C17H15FN2O2/c1-12-4-2-3-5-16(12)22-9-8-20-11-19-15-10-13(18)6-7-14(15)17(20)21/h2-7,10-11H,8-9H2,1H3. The molecule has 3 aromatic rings. The number of aromatic nitrogens is 2. The fraction of sp³-hybridized carbons (Fsp3) is 0.176. The van der Waals surface area contributed by atoms with E-state index >= 15 is 0 Å². The van der Waals surface area contributed by atoms with E-state index in [-0.39, 0.29) is 5.56 Å². The zero-order valence-corrected chi connectivity index (χ0v) is 12.1. The number of ether oxygens (including phenoxy) is 1. The van der Waals surface area contributed by atoms with E-state index in [4.69, 9.17) is 4.74 Å². The highest BCUT2D eigenvalue weighted by Gasteiger charge is 2.05. The van der Waals surface area contributed by atoms with Gasteiger partial charge in [0.05, 0.1) is 23.8 Å². The number of aryl methyl sites for hydroxylation is 1. The van der Waals surface area contributed by atoms with Gasteiger partial charge in [0, 0.05) is 6.07 Å². The fourth-order valence-electron chi connectivity index (χ4n) is 2.26. The molecule has 5 heteroatoms. The number of halogens is 1. The van der Waals surface area contributed by atoms with Crippen molar-refractivity contribution in [2.45, 2.75) is 13.5 Å². The number of fused-ring (bicyclic) bond motifs is 1. The maximum absolute atomic E-state index is 13.1. The van der Waals surface area contributed by atoms with Crippen molar-refractivity contribution in [2.24, 2.45) is 0 Å². The monoisotopic (exact) mass is 298 g/mol. The average molecular weight is 298 g/mol. The minimum absolute atomic E-state index is 0.196. The Kier molecular flexibility index (Phi) is 3.87. The van der Waals surface area contributed by atoms with Gasteiger partial charge in [-0.2, -0.15) is 0 Å². The second kappa shape index (κ2) is 5.97. The highest BCUT2D eigenvalue weighted by Crippen LogP contribution is 2.16. The number of nitrogens with zero attached hydrogens (tertiary/aromatic N) is 2. The first kappa shape index (κ1) is 14.3. The Balaban J connectivity index is 1.77. The molecule has 0 bridgehead atoms. The Morgan fingerprint density at radius 1 is 1.23 bits per heavy atom. The smallest absolute Gasteiger partial charge is 0.261 e. The van der Waals surface area contributed by atoms with Gasteiger partial charge < -0.3 is 4.74 Å². The summed E-state index contributed by atoms with van der Waals surface area (Å²) in [5.74, 6) is 0.395. The normalized spacial score (nSPS) is 10.8. The second-order valence-corrected chi connectivity index (χ2v) is 5.02. The summed E-state index contributed by atoms with van der Waals surface area (Å²) in [7, 11) is 0. The largest absolute Gasteiger partial charge is 0.491 e. The Bertz CT molecular complexity index is 874. The molecule has 0 aliphatic rings. The van der Waals surface area contributed by atoms with E-state index in [9.17, 15) is 9.18 Å². The van der Waals surface area contributed by atoms with Gasteiger partial charge >= 0.3 is 0 Å². The van der Waals surface area contributed by atoms with Crippen molar-refractivity contribution < 1.29 is 9.13 Å². The van der Waals surface area contributed by atoms with Crippen LogP contribution in [0.5, 0.6) is 5.75 Å². The zero-order valence-electron chi connectivity index (χ0n) is 12.1. The lowest BCUT2D eigenvalue weighted by Crippen LogP contribution is -2.23. The summed E-state index contributed by atoms with van der Waals surface area (Å²) in [6.07, 6.45) is 1.42. The Morgan fingerprint density at radius 3 is 2.86 bits per heavy atom. The van der Waals surface area contributed by atoms with Gasteiger partial charge in [0.15, 0.2) is 0 Å². The maximum atomic E-state index is 13.1. The highest BCUT2D eigenvalue weighted by atomic mass is 19.1. The predicted molar refractivity (Wildman–Crippen MR) is 82.6 cm³/mol. The molecule has 0 aliphatic carbocycles. The Hall–Kier alpha value is -2.69. The van der Waals surface area contributed by atoms with E-state index in [0.717, 1.165) is 11.3 Å². The third-order valence-electron chi connectivity index (χ3n) is 3.47. The molecule has 0 atom stereocenters. The summed E-state index contributed by atoms with van der Waals surface area (Å²) in [4.78, 5) is 16.4. The van der Waals surface area contributed by atoms with Gasteiger partial charge in [-0.05, 0) is 30.7 Å². The van der Waals surface area contributed by atoms with E-state index in [1.807, 2.05) is 31.2 Å². The van der Waals surface area contributed by atoms with E-state index in [0.29, 0.717) is 24.1 Å². The Labute approximate surface area is 126 Å². The molecule has 0 fully saturated rings. The molecule has 0 radical (unpaired) electrons. The van der Waals surface area contributed by atoms with Crippen LogP contribution in [0.1, 0.15) is 5.56 Å². The maximum Gasteiger partial charge on any atom is 0.261 e. The molecule has 2 aromatic carbocycles. The summed E-state index contributed by atoms with van der Waals surface area (Å²) < 4.78 is 20.3. The SMILES string of the molecule is Cc1ccccc1OCCn1cnc2cc(F)ccc2c1=O. The van der Waals surface area contributed by atoms with Crippen LogP contribution in [-0.4, -0.2) is 16.2 Å². The molecule has 1 heterocycles. The minimum Gasteiger partial charge on any atom is -0.491 e. The predicted octanol–water partition coefficient (Wildman–Crippen LogP) is 2.92. The number of hydrogen-bond donors (Lipinski definition) is 0. The lowest BCUT2D eigenvalue weighted by atomic mass is 10.2. The van der Waals surface area contributed by atoms with Crippen molar-refractivity contribution in [2.75, 3.05) is 6.61 Å². The summed E-state index contributed by atoms with van der Waals surface area (Å²) in [5.41, 5.74) is 1.21. The summed E-state index contributed by atoms with van der Waals surface area (Å²) >= 11 is 0. The molecule has 0 aliphatic heterocycles. The quantitative estimate of drug-likeness (QED) is 0.744. The third-order valence-corrected chi connectivity index (χ3v) is 3.47. The summed E-state index contributed by atoms with van der Waals surface area (Å²) in [5, 5.41) is 0.403. The number of hydrogen-bond acceptors (Lipinski definition) is 3. The van der Waals surface area contributed by atoms with Crippen LogP contribution in [-0.2, 0) is 6.54 Å². The molecule has 0 amide bonds. The van der Waals surface area contributed by atoms with Crippen molar-refractivity contribution in [1.82, 2.24) is 9.55 Å². The first-order valence-corrected chi connectivity index (χ1v) is 6.98. The number of benzene rings is 2. The molecule has 3 rings (SSSR count). The van der Waals surface area contributed by atoms with Gasteiger partial charge in [-0.15, -0.1) is 0 Å². The topological polar surface area (TPSA) is 44.1 Å². The van der Waals surface area contributed by atoms with Gasteiger partial charge in [-0.25, -0.2) is 9.37 Å². The molecular weight excluding hydrogens is 283 g/mol. The number of para-hydroxylation sites is 1. The lowest BCUT2D eigenvalue weighted by Gasteiger charge is -2.10. The van der Waals surface area contributed by atoms with Gasteiger partial charge in [0.25, 0.3) is 5.56 Å². The van der Waals surface area contributed by atoms with Crippen molar-refractivity contribution in [1.29, 1.82) is 0 Å². The fourth-order valence-corrected chi connectivity index (χ4v) is 2.26. The van der Waals surface area contributed by atoms with Crippen LogP contribution in [0.15, 0.2) is 53.6 Å². The van der Waals surface area contributed by atoms with Crippen LogP contribution in [0, 0.1) is 12.7 Å². The van der Waals surface area contributed by atoms with Gasteiger partial charge in [-0.3, -0.25) is 9.36 Å². The first-order chi connectivity index (χ1) is 10.6. The van der Waals surface area contributed by atoms with Gasteiger partial charge in [-0.1, -0.05) is 18.2 Å². The molecular formula is C17H15FN2O2. The van der Waals surface area contributed by atoms with Crippen molar-refractivity contribution in [3.63, 3.8) is 0 Å². The van der Waals surface area contributed by atoms with Crippen LogP contribution in [0.25, 0.3) is 10.9 Å². The highest BCUT2D eigenvalue weighted by molar-refractivity contribution is 5.77. The molecule has 112 valence electrons. The van der Waals surface area contributed by atoms with Gasteiger partial charge in [0.2, 0.25) is 0 Å². The molecule has 0 saturated carbocycles. The van der Waals surface area contributed by atoms with E-state index in [1.54, 1.807) is 0 Å². The van der Waals surface area contributed by atoms with Crippen molar-refractivity contribution in [3.8, 4) is 5.75 Å². The average Bonchev–Trinajstić information content (AvgIpc) is 2.51. The first-order valence-electron chi connectivity index (χ1n) is 6.98. The van der Waals surface area contributed by atoms with Crippen LogP contribution < -0.4 is 10.3 Å². The minimum atomic E-state index is -0.403. The molecule has 22 heavy (non-hydrogen) atoms. The Morgan fingerprint density at radius 2 is 2.05 bits per heavy atom. The molecule has 1 aromatic heterocycles. The zero-order chi connectivity index (χ0) is 15.5. The van der Waals surface area contributed by atoms with Crippen LogP contribution in [0.4, 0.5) is 4.39 Å². The molecule has 0 saturated heterocycles. The van der Waals surface area contributed by atoms with Crippen LogP contribution in [0.2, 0.25) is 0 Å². The van der Waals surface area contributed by atoms with E-state index < -0.39 is 5.82 Å². The van der Waals surface area contributed by atoms with E-state index in [2.05, 4.69) is 4.98 Å². The lowest BCUT2D eigenvalue weighted by molar-refractivity contribution is 0.294. The second-order valence-electron chi connectivity index (χ2n) is 5.02. The van der Waals surface area contributed by atoms with Crippen LogP contribution >= 0.6 is 0 Å². The molecule has 4 nitrogen and oxygen atoms in total. The molecule has 0 N–H and O–H groups in total. The summed E-state index contributed by atoms with van der Waals surface area (Å²) in [6.45, 7) is 2.71. The summed E-state index contributed by atoms with van der Waals surface area (Å²) in [6, 6.07) is 11.7. The third kappa shape index (κ3) is 2.83. The van der Waals surface area contributed by atoms with E-state index in [1.165, 1.54) is 29.1 Å². The van der Waals surface area contributed by atoms with Gasteiger partial charge in [0.1, 0.15) is 18.2 Å².